The quantitative estimate of drug-likeness (QED) is 0.482. The summed E-state index contributed by atoms with van der Waals surface area (Å²) in [6, 6.07) is 26.8. The normalized spacial score (nSPS) is 17.3. The van der Waals surface area contributed by atoms with E-state index in [0.29, 0.717) is 0 Å². The van der Waals surface area contributed by atoms with Gasteiger partial charge in [-0.1, -0.05) is 30.3 Å². The molecule has 2 heterocycles. The molecule has 0 aliphatic carbocycles. The number of benzene rings is 3. The SMILES string of the molecule is C[C@H](Nc1ccc(N2CCN(Cc3ccccc3)CC2)cc1)C(=O)Nc1ccc(N2CCOCC2)cc1. The van der Waals surface area contributed by atoms with Gasteiger partial charge in [0.15, 0.2) is 0 Å². The van der Waals surface area contributed by atoms with Gasteiger partial charge in [0.2, 0.25) is 5.91 Å². The van der Waals surface area contributed by atoms with Crippen molar-refractivity contribution in [3.05, 3.63) is 84.4 Å². The van der Waals surface area contributed by atoms with E-state index in [1.807, 2.05) is 19.1 Å². The number of piperazine rings is 1. The van der Waals surface area contributed by atoms with Crippen molar-refractivity contribution in [2.75, 3.05) is 72.9 Å². The Bertz CT molecular complexity index is 1120. The highest BCUT2D eigenvalue weighted by Gasteiger charge is 2.18. The van der Waals surface area contributed by atoms with Crippen LogP contribution in [0.2, 0.25) is 0 Å². The molecule has 0 spiro atoms. The molecule has 1 atom stereocenters. The summed E-state index contributed by atoms with van der Waals surface area (Å²) in [6.45, 7) is 10.4. The number of carbonyl (C=O) groups excluding carboxylic acids is 1. The van der Waals surface area contributed by atoms with E-state index in [4.69, 9.17) is 4.74 Å². The first-order valence-corrected chi connectivity index (χ1v) is 13.3. The van der Waals surface area contributed by atoms with Crippen LogP contribution in [0.15, 0.2) is 78.9 Å². The van der Waals surface area contributed by atoms with Crippen molar-refractivity contribution < 1.29 is 9.53 Å². The van der Waals surface area contributed by atoms with Crippen LogP contribution in [0.3, 0.4) is 0 Å². The van der Waals surface area contributed by atoms with Crippen LogP contribution < -0.4 is 20.4 Å². The largest absolute Gasteiger partial charge is 0.378 e. The van der Waals surface area contributed by atoms with Crippen molar-refractivity contribution in [1.82, 2.24) is 4.90 Å². The maximum atomic E-state index is 12.8. The van der Waals surface area contributed by atoms with E-state index >= 15 is 0 Å². The molecule has 2 N–H and O–H groups in total. The zero-order chi connectivity index (χ0) is 25.5. The molecule has 0 saturated carbocycles. The lowest BCUT2D eigenvalue weighted by molar-refractivity contribution is -0.116. The summed E-state index contributed by atoms with van der Waals surface area (Å²) in [6.07, 6.45) is 0. The molecule has 0 radical (unpaired) electrons. The van der Waals surface area contributed by atoms with Crippen LogP contribution in [0.5, 0.6) is 0 Å². The molecular formula is C30H37N5O2. The number of anilines is 4. The van der Waals surface area contributed by atoms with Crippen LogP contribution in [0.25, 0.3) is 0 Å². The summed E-state index contributed by atoms with van der Waals surface area (Å²) in [5.41, 5.74) is 5.50. The number of ether oxygens (including phenoxy) is 1. The Labute approximate surface area is 220 Å². The first-order chi connectivity index (χ1) is 18.1. The average Bonchev–Trinajstić information content (AvgIpc) is 2.95. The molecule has 7 heteroatoms. The number of morpholine rings is 1. The number of rotatable bonds is 8. The molecule has 2 aliphatic rings. The van der Waals surface area contributed by atoms with Gasteiger partial charge >= 0.3 is 0 Å². The highest BCUT2D eigenvalue weighted by atomic mass is 16.5. The number of amides is 1. The van der Waals surface area contributed by atoms with E-state index in [-0.39, 0.29) is 11.9 Å². The minimum absolute atomic E-state index is 0.0577. The van der Waals surface area contributed by atoms with Crippen molar-refractivity contribution in [3.63, 3.8) is 0 Å². The average molecular weight is 500 g/mol. The van der Waals surface area contributed by atoms with Crippen LogP contribution in [-0.4, -0.2) is 69.3 Å². The summed E-state index contributed by atoms with van der Waals surface area (Å²) in [7, 11) is 0. The van der Waals surface area contributed by atoms with Gasteiger partial charge in [-0.2, -0.15) is 0 Å². The fourth-order valence-corrected chi connectivity index (χ4v) is 4.92. The molecule has 194 valence electrons. The molecular weight excluding hydrogens is 462 g/mol. The van der Waals surface area contributed by atoms with Crippen molar-refractivity contribution in [2.24, 2.45) is 0 Å². The molecule has 0 bridgehead atoms. The summed E-state index contributed by atoms with van der Waals surface area (Å²) in [5, 5.41) is 6.35. The van der Waals surface area contributed by atoms with Gasteiger partial charge in [0, 0.05) is 68.6 Å². The van der Waals surface area contributed by atoms with E-state index in [9.17, 15) is 4.79 Å². The molecule has 2 fully saturated rings. The third kappa shape index (κ3) is 6.81. The zero-order valence-electron chi connectivity index (χ0n) is 21.6. The van der Waals surface area contributed by atoms with Gasteiger partial charge in [-0.15, -0.1) is 0 Å². The van der Waals surface area contributed by atoms with Gasteiger partial charge in [-0.25, -0.2) is 0 Å². The summed E-state index contributed by atoms with van der Waals surface area (Å²) < 4.78 is 5.42. The zero-order valence-corrected chi connectivity index (χ0v) is 21.6. The van der Waals surface area contributed by atoms with Crippen molar-refractivity contribution in [2.45, 2.75) is 19.5 Å². The number of hydrogen-bond acceptors (Lipinski definition) is 6. The summed E-state index contributed by atoms with van der Waals surface area (Å²) in [5.74, 6) is -0.0577. The van der Waals surface area contributed by atoms with E-state index in [2.05, 4.69) is 92.1 Å². The van der Waals surface area contributed by atoms with E-state index in [0.717, 1.165) is 76.1 Å². The molecule has 5 rings (SSSR count). The second-order valence-corrected chi connectivity index (χ2v) is 9.80. The Hall–Kier alpha value is -3.55. The molecule has 7 nitrogen and oxygen atoms in total. The van der Waals surface area contributed by atoms with Crippen molar-refractivity contribution >= 4 is 28.7 Å². The first kappa shape index (κ1) is 25.1. The van der Waals surface area contributed by atoms with Crippen molar-refractivity contribution in [1.29, 1.82) is 0 Å². The van der Waals surface area contributed by atoms with Gasteiger partial charge in [-0.3, -0.25) is 9.69 Å². The highest BCUT2D eigenvalue weighted by Crippen LogP contribution is 2.22. The molecule has 37 heavy (non-hydrogen) atoms. The maximum Gasteiger partial charge on any atom is 0.246 e. The number of hydrogen-bond donors (Lipinski definition) is 2. The Kier molecular flexibility index (Phi) is 8.23. The summed E-state index contributed by atoms with van der Waals surface area (Å²) >= 11 is 0. The third-order valence-electron chi connectivity index (χ3n) is 7.14. The van der Waals surface area contributed by atoms with E-state index < -0.39 is 0 Å². The Morgan fingerprint density at radius 2 is 1.32 bits per heavy atom. The molecule has 2 saturated heterocycles. The molecule has 3 aromatic rings. The van der Waals surface area contributed by atoms with Crippen LogP contribution in [0.4, 0.5) is 22.7 Å². The van der Waals surface area contributed by atoms with Gasteiger partial charge in [0.05, 0.1) is 13.2 Å². The second kappa shape index (κ2) is 12.1. The van der Waals surface area contributed by atoms with Gasteiger partial charge in [0.25, 0.3) is 0 Å². The minimum Gasteiger partial charge on any atom is -0.378 e. The second-order valence-electron chi connectivity index (χ2n) is 9.80. The predicted molar refractivity (Wildman–Crippen MR) is 152 cm³/mol. The first-order valence-electron chi connectivity index (χ1n) is 13.3. The molecule has 0 unspecified atom stereocenters. The highest BCUT2D eigenvalue weighted by molar-refractivity contribution is 5.96. The van der Waals surface area contributed by atoms with Crippen LogP contribution in [0.1, 0.15) is 12.5 Å². The van der Waals surface area contributed by atoms with Crippen LogP contribution >= 0.6 is 0 Å². The van der Waals surface area contributed by atoms with Gasteiger partial charge in [-0.05, 0) is 61.0 Å². The van der Waals surface area contributed by atoms with Crippen LogP contribution in [-0.2, 0) is 16.1 Å². The third-order valence-corrected chi connectivity index (χ3v) is 7.14. The van der Waals surface area contributed by atoms with Gasteiger partial charge in [0.1, 0.15) is 6.04 Å². The number of carbonyl (C=O) groups is 1. The smallest absolute Gasteiger partial charge is 0.246 e. The van der Waals surface area contributed by atoms with Gasteiger partial charge < -0.3 is 25.2 Å². The molecule has 1 amide bonds. The Morgan fingerprint density at radius 3 is 1.95 bits per heavy atom. The molecule has 3 aromatic carbocycles. The monoisotopic (exact) mass is 499 g/mol. The molecule has 0 aromatic heterocycles. The standard InChI is InChI=1S/C30H37N5O2/c1-24(30(36)32-27-9-13-29(14-10-27)35-19-21-37-22-20-35)31-26-7-11-28(12-8-26)34-17-15-33(16-18-34)23-25-5-3-2-4-6-25/h2-14,24,31H,15-23H2,1H3,(H,32,36)/t24-/m0/s1. The number of nitrogens with one attached hydrogen (secondary N) is 2. The van der Waals surface area contributed by atoms with Crippen molar-refractivity contribution in [3.8, 4) is 0 Å². The maximum absolute atomic E-state index is 12.8. The molecule has 2 aliphatic heterocycles. The lowest BCUT2D eigenvalue weighted by atomic mass is 10.2. The minimum atomic E-state index is -0.355. The predicted octanol–water partition coefficient (Wildman–Crippen LogP) is 4.28. The lowest BCUT2D eigenvalue weighted by Crippen LogP contribution is -2.45. The van der Waals surface area contributed by atoms with E-state index in [1.54, 1.807) is 0 Å². The fraction of sp³-hybridized carbons (Fsp3) is 0.367. The lowest BCUT2D eigenvalue weighted by Gasteiger charge is -2.36. The van der Waals surface area contributed by atoms with Crippen LogP contribution in [0, 0.1) is 0 Å². The van der Waals surface area contributed by atoms with E-state index in [1.165, 1.54) is 11.3 Å². The Morgan fingerprint density at radius 1 is 0.757 bits per heavy atom. The summed E-state index contributed by atoms with van der Waals surface area (Å²) in [4.78, 5) is 20.0. The topological polar surface area (TPSA) is 60.1 Å². The Balaban J connectivity index is 1.08. The number of nitrogens with zero attached hydrogens (tertiary/aromatic N) is 3. The fourth-order valence-electron chi connectivity index (χ4n) is 4.92.